The molecule has 2 aromatic rings. The Kier molecular flexibility index (Phi) is 3.27. The van der Waals surface area contributed by atoms with E-state index in [-0.39, 0.29) is 6.04 Å². The van der Waals surface area contributed by atoms with Gasteiger partial charge in [0, 0.05) is 10.2 Å². The zero-order valence-electron chi connectivity index (χ0n) is 8.73. The lowest BCUT2D eigenvalue weighted by atomic mass is 9.98. The summed E-state index contributed by atoms with van der Waals surface area (Å²) in [5.74, 6) is 0. The third kappa shape index (κ3) is 2.26. The minimum atomic E-state index is -0.182. The van der Waals surface area contributed by atoms with Crippen molar-refractivity contribution < 1.29 is 0 Å². The van der Waals surface area contributed by atoms with E-state index in [0.717, 1.165) is 21.3 Å². The summed E-state index contributed by atoms with van der Waals surface area (Å²) >= 11 is 3.43. The molecule has 0 aliphatic heterocycles. The van der Waals surface area contributed by atoms with Crippen LogP contribution < -0.4 is 11.5 Å². The molecule has 1 atom stereocenters. The highest BCUT2D eigenvalue weighted by atomic mass is 79.9. The maximum atomic E-state index is 6.19. The highest BCUT2D eigenvalue weighted by Gasteiger charge is 2.11. The first-order valence-corrected chi connectivity index (χ1v) is 5.83. The molecular weight excluding hydrogens is 264 g/mol. The number of hydrogen-bond donors (Lipinski definition) is 2. The van der Waals surface area contributed by atoms with Gasteiger partial charge >= 0.3 is 0 Å². The highest BCUT2D eigenvalue weighted by molar-refractivity contribution is 9.10. The molecule has 0 aliphatic carbocycles. The summed E-state index contributed by atoms with van der Waals surface area (Å²) in [6.45, 7) is 0. The quantitative estimate of drug-likeness (QED) is 0.829. The van der Waals surface area contributed by atoms with Crippen molar-refractivity contribution in [2.45, 2.75) is 6.04 Å². The van der Waals surface area contributed by atoms with E-state index in [4.69, 9.17) is 11.5 Å². The van der Waals surface area contributed by atoms with Gasteiger partial charge in [-0.05, 0) is 29.3 Å². The average Bonchev–Trinajstić information content (AvgIpc) is 2.32. The van der Waals surface area contributed by atoms with Gasteiger partial charge in [0.15, 0.2) is 0 Å². The second kappa shape index (κ2) is 4.68. The number of anilines is 1. The van der Waals surface area contributed by atoms with Gasteiger partial charge in [0.05, 0.1) is 6.04 Å². The fraction of sp³-hybridized carbons (Fsp3) is 0.0769. The molecule has 0 saturated carbocycles. The van der Waals surface area contributed by atoms with Gasteiger partial charge in [0.25, 0.3) is 0 Å². The van der Waals surface area contributed by atoms with Crippen molar-refractivity contribution in [2.24, 2.45) is 5.73 Å². The monoisotopic (exact) mass is 276 g/mol. The molecular formula is C13H13BrN2. The van der Waals surface area contributed by atoms with E-state index < -0.39 is 0 Å². The molecule has 3 heteroatoms. The Balaban J connectivity index is 2.41. The van der Waals surface area contributed by atoms with Crippen molar-refractivity contribution in [3.8, 4) is 0 Å². The topological polar surface area (TPSA) is 52.0 Å². The van der Waals surface area contributed by atoms with Crippen LogP contribution >= 0.6 is 15.9 Å². The van der Waals surface area contributed by atoms with Gasteiger partial charge in [-0.25, -0.2) is 0 Å². The second-order valence-electron chi connectivity index (χ2n) is 3.66. The predicted octanol–water partition coefficient (Wildman–Crippen LogP) is 3.08. The summed E-state index contributed by atoms with van der Waals surface area (Å²) in [6, 6.07) is 15.5. The SMILES string of the molecule is Nc1ccc(Br)cc1C(N)c1ccccc1. The maximum Gasteiger partial charge on any atom is 0.0572 e. The normalized spacial score (nSPS) is 12.4. The van der Waals surface area contributed by atoms with Crippen molar-refractivity contribution in [2.75, 3.05) is 5.73 Å². The molecule has 0 bridgehead atoms. The van der Waals surface area contributed by atoms with Crippen LogP contribution in [-0.2, 0) is 0 Å². The van der Waals surface area contributed by atoms with Crippen molar-refractivity contribution in [1.82, 2.24) is 0 Å². The molecule has 0 fully saturated rings. The number of rotatable bonds is 2. The Morgan fingerprint density at radius 3 is 2.38 bits per heavy atom. The molecule has 0 heterocycles. The van der Waals surface area contributed by atoms with Crippen LogP contribution in [0.15, 0.2) is 53.0 Å². The number of hydrogen-bond acceptors (Lipinski definition) is 2. The first kappa shape index (κ1) is 11.2. The summed E-state index contributed by atoms with van der Waals surface area (Å²) in [5, 5.41) is 0. The predicted molar refractivity (Wildman–Crippen MR) is 71.0 cm³/mol. The summed E-state index contributed by atoms with van der Waals surface area (Å²) in [4.78, 5) is 0. The standard InChI is InChI=1S/C13H13BrN2/c14-10-6-7-12(15)11(8-10)13(16)9-4-2-1-3-5-9/h1-8,13H,15-16H2. The molecule has 0 aliphatic rings. The van der Waals surface area contributed by atoms with Crippen LogP contribution in [0.25, 0.3) is 0 Å². The Bertz CT molecular complexity index is 483. The van der Waals surface area contributed by atoms with E-state index in [1.54, 1.807) is 0 Å². The van der Waals surface area contributed by atoms with Gasteiger partial charge in [0.2, 0.25) is 0 Å². The lowest BCUT2D eigenvalue weighted by Crippen LogP contribution is -2.13. The largest absolute Gasteiger partial charge is 0.398 e. The van der Waals surface area contributed by atoms with Crippen molar-refractivity contribution in [3.63, 3.8) is 0 Å². The van der Waals surface area contributed by atoms with Crippen LogP contribution in [0.1, 0.15) is 17.2 Å². The minimum Gasteiger partial charge on any atom is -0.398 e. The summed E-state index contributed by atoms with van der Waals surface area (Å²) in [7, 11) is 0. The van der Waals surface area contributed by atoms with Crippen LogP contribution in [0.2, 0.25) is 0 Å². The number of halogens is 1. The van der Waals surface area contributed by atoms with Crippen LogP contribution in [0.5, 0.6) is 0 Å². The molecule has 0 amide bonds. The zero-order chi connectivity index (χ0) is 11.5. The Hall–Kier alpha value is -1.32. The smallest absolute Gasteiger partial charge is 0.0572 e. The first-order valence-electron chi connectivity index (χ1n) is 5.04. The van der Waals surface area contributed by atoms with Crippen LogP contribution in [0.3, 0.4) is 0 Å². The van der Waals surface area contributed by atoms with Crippen molar-refractivity contribution in [1.29, 1.82) is 0 Å². The van der Waals surface area contributed by atoms with E-state index in [2.05, 4.69) is 15.9 Å². The highest BCUT2D eigenvalue weighted by Crippen LogP contribution is 2.27. The van der Waals surface area contributed by atoms with Crippen LogP contribution in [0.4, 0.5) is 5.69 Å². The first-order chi connectivity index (χ1) is 7.68. The molecule has 0 spiro atoms. The Morgan fingerprint density at radius 2 is 1.69 bits per heavy atom. The molecule has 16 heavy (non-hydrogen) atoms. The van der Waals surface area contributed by atoms with Gasteiger partial charge in [0.1, 0.15) is 0 Å². The number of nitrogen functional groups attached to an aromatic ring is 1. The molecule has 4 N–H and O–H groups in total. The molecule has 1 unspecified atom stereocenters. The minimum absolute atomic E-state index is 0.182. The van der Waals surface area contributed by atoms with E-state index in [9.17, 15) is 0 Å². The second-order valence-corrected chi connectivity index (χ2v) is 4.58. The Labute approximate surface area is 103 Å². The number of nitrogens with two attached hydrogens (primary N) is 2. The molecule has 0 radical (unpaired) electrons. The van der Waals surface area contributed by atoms with Crippen LogP contribution in [0, 0.1) is 0 Å². The van der Waals surface area contributed by atoms with Crippen molar-refractivity contribution >= 4 is 21.6 Å². The van der Waals surface area contributed by atoms with Crippen molar-refractivity contribution in [3.05, 3.63) is 64.1 Å². The molecule has 2 nitrogen and oxygen atoms in total. The average molecular weight is 277 g/mol. The lowest BCUT2D eigenvalue weighted by molar-refractivity contribution is 0.874. The molecule has 2 aromatic carbocycles. The van der Waals surface area contributed by atoms with Gasteiger partial charge in [-0.3, -0.25) is 0 Å². The van der Waals surface area contributed by atoms with E-state index in [0.29, 0.717) is 0 Å². The molecule has 82 valence electrons. The van der Waals surface area contributed by atoms with E-state index in [1.807, 2.05) is 48.5 Å². The zero-order valence-corrected chi connectivity index (χ0v) is 10.3. The summed E-state index contributed by atoms with van der Waals surface area (Å²) in [6.07, 6.45) is 0. The fourth-order valence-corrected chi connectivity index (χ4v) is 2.03. The summed E-state index contributed by atoms with van der Waals surface area (Å²) < 4.78 is 0.989. The molecule has 2 rings (SSSR count). The fourth-order valence-electron chi connectivity index (χ4n) is 1.65. The van der Waals surface area contributed by atoms with Gasteiger partial charge in [-0.2, -0.15) is 0 Å². The van der Waals surface area contributed by atoms with Gasteiger partial charge in [-0.1, -0.05) is 46.3 Å². The number of benzene rings is 2. The Morgan fingerprint density at radius 1 is 1.00 bits per heavy atom. The third-order valence-corrected chi connectivity index (χ3v) is 3.04. The maximum absolute atomic E-state index is 6.19. The van der Waals surface area contributed by atoms with E-state index >= 15 is 0 Å². The summed E-state index contributed by atoms with van der Waals surface area (Å²) in [5.41, 5.74) is 14.8. The lowest BCUT2D eigenvalue weighted by Gasteiger charge is -2.15. The van der Waals surface area contributed by atoms with E-state index in [1.165, 1.54) is 0 Å². The third-order valence-electron chi connectivity index (χ3n) is 2.54. The molecule has 0 aromatic heterocycles. The molecule has 0 saturated heterocycles. The van der Waals surface area contributed by atoms with Gasteiger partial charge < -0.3 is 11.5 Å². The van der Waals surface area contributed by atoms with Gasteiger partial charge in [-0.15, -0.1) is 0 Å². The van der Waals surface area contributed by atoms with Crippen LogP contribution in [-0.4, -0.2) is 0 Å².